The molecule has 0 aliphatic carbocycles. The van der Waals surface area contributed by atoms with E-state index in [0.29, 0.717) is 13.1 Å². The molecule has 1 amide bonds. The van der Waals surface area contributed by atoms with Crippen molar-refractivity contribution in [3.63, 3.8) is 0 Å². The minimum Gasteiger partial charge on any atom is -0.360 e. The summed E-state index contributed by atoms with van der Waals surface area (Å²) in [7, 11) is 0. The van der Waals surface area contributed by atoms with Gasteiger partial charge in [-0.1, -0.05) is 30.3 Å². The largest absolute Gasteiger partial charge is 0.360 e. The first-order valence-corrected chi connectivity index (χ1v) is 7.98. The monoisotopic (exact) mass is 309 g/mol. The second-order valence-corrected chi connectivity index (χ2v) is 6.34. The SMILES string of the molecule is Cc1ccc(C)c(NC(=O)CN2CC(N)Cc3ccccc32)c1. The van der Waals surface area contributed by atoms with Gasteiger partial charge in [0.15, 0.2) is 0 Å². The number of nitrogens with one attached hydrogen (secondary N) is 1. The molecule has 1 aliphatic heterocycles. The van der Waals surface area contributed by atoms with E-state index in [1.54, 1.807) is 0 Å². The molecule has 3 N–H and O–H groups in total. The minimum atomic E-state index is -0.0115. The van der Waals surface area contributed by atoms with Crippen molar-refractivity contribution in [2.75, 3.05) is 23.3 Å². The van der Waals surface area contributed by atoms with Crippen molar-refractivity contribution in [3.05, 3.63) is 59.2 Å². The van der Waals surface area contributed by atoms with Crippen molar-refractivity contribution < 1.29 is 4.79 Å². The Balaban J connectivity index is 1.74. The molecule has 4 heteroatoms. The molecule has 0 spiro atoms. The summed E-state index contributed by atoms with van der Waals surface area (Å²) in [5.74, 6) is -0.0115. The van der Waals surface area contributed by atoms with E-state index >= 15 is 0 Å². The lowest BCUT2D eigenvalue weighted by molar-refractivity contribution is -0.115. The Labute approximate surface area is 137 Å². The Morgan fingerprint density at radius 2 is 2.04 bits per heavy atom. The molecule has 1 aliphatic rings. The van der Waals surface area contributed by atoms with Crippen LogP contribution in [0.1, 0.15) is 16.7 Å². The Morgan fingerprint density at radius 3 is 2.87 bits per heavy atom. The third kappa shape index (κ3) is 3.54. The lowest BCUT2D eigenvalue weighted by Gasteiger charge is -2.34. The highest BCUT2D eigenvalue weighted by Gasteiger charge is 2.23. The van der Waals surface area contributed by atoms with Crippen molar-refractivity contribution in [1.29, 1.82) is 0 Å². The van der Waals surface area contributed by atoms with Gasteiger partial charge in [-0.3, -0.25) is 4.79 Å². The number of rotatable bonds is 3. The highest BCUT2D eigenvalue weighted by atomic mass is 16.2. The summed E-state index contributed by atoms with van der Waals surface area (Å²) < 4.78 is 0. The number of hydrogen-bond donors (Lipinski definition) is 2. The summed E-state index contributed by atoms with van der Waals surface area (Å²) in [5.41, 5.74) is 11.6. The van der Waals surface area contributed by atoms with Gasteiger partial charge >= 0.3 is 0 Å². The van der Waals surface area contributed by atoms with Gasteiger partial charge < -0.3 is 16.0 Å². The van der Waals surface area contributed by atoms with Gasteiger partial charge in [-0.2, -0.15) is 0 Å². The van der Waals surface area contributed by atoms with Crippen LogP contribution in [-0.4, -0.2) is 25.0 Å². The van der Waals surface area contributed by atoms with Gasteiger partial charge in [-0.25, -0.2) is 0 Å². The van der Waals surface area contributed by atoms with Crippen LogP contribution in [0.4, 0.5) is 11.4 Å². The van der Waals surface area contributed by atoms with E-state index < -0.39 is 0 Å². The molecule has 23 heavy (non-hydrogen) atoms. The number of carbonyl (C=O) groups excluding carboxylic acids is 1. The molecular formula is C19H23N3O. The Hall–Kier alpha value is -2.33. The second-order valence-electron chi connectivity index (χ2n) is 6.34. The average molecular weight is 309 g/mol. The average Bonchev–Trinajstić information content (AvgIpc) is 2.50. The fourth-order valence-electron chi connectivity index (χ4n) is 3.10. The third-order valence-electron chi connectivity index (χ3n) is 4.27. The number of carbonyl (C=O) groups is 1. The number of hydrogen-bond acceptors (Lipinski definition) is 3. The molecule has 2 aromatic rings. The van der Waals surface area contributed by atoms with Crippen LogP contribution in [0.3, 0.4) is 0 Å². The minimum absolute atomic E-state index is 0.0115. The fourth-order valence-corrected chi connectivity index (χ4v) is 3.10. The summed E-state index contributed by atoms with van der Waals surface area (Å²) in [6.45, 7) is 5.05. The molecule has 2 aromatic carbocycles. The van der Waals surface area contributed by atoms with Crippen LogP contribution in [0.15, 0.2) is 42.5 Å². The van der Waals surface area contributed by atoms with Crippen molar-refractivity contribution in [1.82, 2.24) is 0 Å². The second kappa shape index (κ2) is 6.42. The summed E-state index contributed by atoms with van der Waals surface area (Å²) in [5, 5.41) is 3.02. The Bertz CT molecular complexity index is 726. The number of nitrogens with two attached hydrogens (primary N) is 1. The van der Waals surface area contributed by atoms with Crippen LogP contribution in [0, 0.1) is 13.8 Å². The molecule has 0 aromatic heterocycles. The van der Waals surface area contributed by atoms with Gasteiger partial charge in [0.25, 0.3) is 0 Å². The van der Waals surface area contributed by atoms with Crippen LogP contribution >= 0.6 is 0 Å². The number of fused-ring (bicyclic) bond motifs is 1. The molecule has 0 bridgehead atoms. The zero-order chi connectivity index (χ0) is 16.4. The first-order valence-electron chi connectivity index (χ1n) is 7.98. The van der Waals surface area contributed by atoms with Gasteiger partial charge in [-0.15, -0.1) is 0 Å². The summed E-state index contributed by atoms with van der Waals surface area (Å²) in [6, 6.07) is 14.3. The molecule has 0 fully saturated rings. The molecule has 0 saturated carbocycles. The van der Waals surface area contributed by atoms with Gasteiger partial charge in [0, 0.05) is 24.0 Å². The van der Waals surface area contributed by atoms with Crippen LogP contribution in [0.25, 0.3) is 0 Å². The third-order valence-corrected chi connectivity index (χ3v) is 4.27. The van der Waals surface area contributed by atoms with Crippen molar-refractivity contribution in [3.8, 4) is 0 Å². The quantitative estimate of drug-likeness (QED) is 0.916. The predicted molar refractivity (Wildman–Crippen MR) is 94.9 cm³/mol. The summed E-state index contributed by atoms with van der Waals surface area (Å²) in [6.07, 6.45) is 0.866. The van der Waals surface area contributed by atoms with E-state index in [1.165, 1.54) is 5.56 Å². The van der Waals surface area contributed by atoms with E-state index in [4.69, 9.17) is 5.73 Å². The zero-order valence-corrected chi connectivity index (χ0v) is 13.7. The van der Waals surface area contributed by atoms with Gasteiger partial charge in [0.05, 0.1) is 6.54 Å². The molecule has 1 heterocycles. The molecular weight excluding hydrogens is 286 g/mol. The fraction of sp³-hybridized carbons (Fsp3) is 0.316. The highest BCUT2D eigenvalue weighted by molar-refractivity contribution is 5.95. The van der Waals surface area contributed by atoms with E-state index in [1.807, 2.05) is 44.2 Å². The van der Waals surface area contributed by atoms with Gasteiger partial charge in [-0.05, 0) is 49.1 Å². The highest BCUT2D eigenvalue weighted by Crippen LogP contribution is 2.26. The zero-order valence-electron chi connectivity index (χ0n) is 13.7. The normalized spacial score (nSPS) is 16.8. The molecule has 0 saturated heterocycles. The van der Waals surface area contributed by atoms with Crippen molar-refractivity contribution >= 4 is 17.3 Å². The van der Waals surface area contributed by atoms with Crippen LogP contribution < -0.4 is 16.0 Å². The van der Waals surface area contributed by atoms with Gasteiger partial charge in [0.2, 0.25) is 5.91 Å². The van der Waals surface area contributed by atoms with Gasteiger partial charge in [0.1, 0.15) is 0 Å². The Kier molecular flexibility index (Phi) is 4.35. The van der Waals surface area contributed by atoms with Crippen LogP contribution in [0.5, 0.6) is 0 Å². The summed E-state index contributed by atoms with van der Waals surface area (Å²) >= 11 is 0. The van der Waals surface area contributed by atoms with E-state index in [2.05, 4.69) is 22.3 Å². The smallest absolute Gasteiger partial charge is 0.243 e. The molecule has 1 atom stereocenters. The number of para-hydroxylation sites is 1. The van der Waals surface area contributed by atoms with Crippen molar-refractivity contribution in [2.24, 2.45) is 5.73 Å². The molecule has 4 nitrogen and oxygen atoms in total. The maximum atomic E-state index is 12.5. The molecule has 1 unspecified atom stereocenters. The number of benzene rings is 2. The lowest BCUT2D eigenvalue weighted by atomic mass is 9.98. The standard InChI is InChI=1S/C19H23N3O/c1-13-7-8-14(2)17(9-13)21-19(23)12-22-11-16(20)10-15-5-3-4-6-18(15)22/h3-9,16H,10-12,20H2,1-2H3,(H,21,23). The van der Waals surface area contributed by atoms with Crippen LogP contribution in [-0.2, 0) is 11.2 Å². The van der Waals surface area contributed by atoms with E-state index in [9.17, 15) is 4.79 Å². The first-order chi connectivity index (χ1) is 11.0. The van der Waals surface area contributed by atoms with Crippen LogP contribution in [0.2, 0.25) is 0 Å². The number of aryl methyl sites for hydroxylation is 2. The predicted octanol–water partition coefficient (Wildman–Crippen LogP) is 2.63. The molecule has 0 radical (unpaired) electrons. The van der Waals surface area contributed by atoms with E-state index in [-0.39, 0.29) is 11.9 Å². The Morgan fingerprint density at radius 1 is 1.26 bits per heavy atom. The van der Waals surface area contributed by atoms with E-state index in [0.717, 1.165) is 28.9 Å². The maximum Gasteiger partial charge on any atom is 0.243 e. The number of nitrogens with zero attached hydrogens (tertiary/aromatic N) is 1. The maximum absolute atomic E-state index is 12.5. The number of amides is 1. The first kappa shape index (κ1) is 15.6. The van der Waals surface area contributed by atoms with Crippen molar-refractivity contribution in [2.45, 2.75) is 26.3 Å². The number of anilines is 2. The molecule has 3 rings (SSSR count). The lowest BCUT2D eigenvalue weighted by Crippen LogP contribution is -2.46. The molecule has 120 valence electrons. The topological polar surface area (TPSA) is 58.4 Å². The summed E-state index contributed by atoms with van der Waals surface area (Å²) in [4.78, 5) is 14.5.